The minimum Gasteiger partial charge on any atom is -0.507 e. The van der Waals surface area contributed by atoms with Gasteiger partial charge < -0.3 is 15.3 Å². The molecular weight excluding hydrogens is 338 g/mol. The van der Waals surface area contributed by atoms with E-state index in [1.165, 1.54) is 6.42 Å². The molecule has 1 saturated heterocycles. The molecule has 27 heavy (non-hydrogen) atoms. The molecule has 0 amide bonds. The Morgan fingerprint density at radius 1 is 1.30 bits per heavy atom. The second-order valence-corrected chi connectivity index (χ2v) is 7.40. The number of aromatic nitrogens is 3. The van der Waals surface area contributed by atoms with Gasteiger partial charge in [0.05, 0.1) is 5.69 Å². The summed E-state index contributed by atoms with van der Waals surface area (Å²) >= 11 is 0. The molecule has 140 valence electrons. The van der Waals surface area contributed by atoms with E-state index in [-0.39, 0.29) is 5.75 Å². The summed E-state index contributed by atoms with van der Waals surface area (Å²) in [6.45, 7) is 5.43. The number of terminal acetylenes is 1. The monoisotopic (exact) mass is 363 g/mol. The molecule has 2 aliphatic rings. The maximum atomic E-state index is 10.4. The molecule has 1 atom stereocenters. The molecule has 1 aliphatic carbocycles. The van der Waals surface area contributed by atoms with Gasteiger partial charge >= 0.3 is 0 Å². The summed E-state index contributed by atoms with van der Waals surface area (Å²) in [5.41, 5.74) is 2.85. The third-order valence-electron chi connectivity index (χ3n) is 5.38. The summed E-state index contributed by atoms with van der Waals surface area (Å²) in [6, 6.07) is 5.54. The summed E-state index contributed by atoms with van der Waals surface area (Å²) in [5.74, 6) is 3.63. The molecule has 2 fully saturated rings. The lowest BCUT2D eigenvalue weighted by molar-refractivity contribution is 0.226. The smallest absolute Gasteiger partial charge is 0.243 e. The first kappa shape index (κ1) is 17.7. The molecule has 4 rings (SSSR count). The number of phenolic OH excluding ortho intramolecular Hbond substituents is 1. The van der Waals surface area contributed by atoms with E-state index in [9.17, 15) is 5.11 Å². The Kier molecular flexibility index (Phi) is 4.95. The van der Waals surface area contributed by atoms with Crippen LogP contribution in [0.5, 0.6) is 5.75 Å². The first-order valence-corrected chi connectivity index (χ1v) is 9.71. The van der Waals surface area contributed by atoms with Crippen LogP contribution in [0.3, 0.4) is 0 Å². The van der Waals surface area contributed by atoms with Crippen LogP contribution in [0.25, 0.3) is 11.3 Å². The van der Waals surface area contributed by atoms with Gasteiger partial charge in [0.25, 0.3) is 0 Å². The number of piperidine rings is 1. The van der Waals surface area contributed by atoms with Gasteiger partial charge in [-0.05, 0) is 57.0 Å². The van der Waals surface area contributed by atoms with Crippen LogP contribution >= 0.6 is 0 Å². The van der Waals surface area contributed by atoms with Gasteiger partial charge in [0.2, 0.25) is 5.95 Å². The SMILES string of the molecule is C#Cc1ccc(-c2nnc(N[C@@H]3CCCN(CC)C3)nc2C2CC2)c(O)c1. The Bertz CT molecular complexity index is 871. The predicted octanol–water partition coefficient (Wildman–Crippen LogP) is 3.00. The fraction of sp³-hybridized carbons (Fsp3) is 0.476. The molecule has 1 aromatic carbocycles. The Morgan fingerprint density at radius 3 is 2.85 bits per heavy atom. The number of hydrogen-bond donors (Lipinski definition) is 2. The second-order valence-electron chi connectivity index (χ2n) is 7.40. The maximum Gasteiger partial charge on any atom is 0.243 e. The highest BCUT2D eigenvalue weighted by molar-refractivity contribution is 5.70. The van der Waals surface area contributed by atoms with Gasteiger partial charge in [0.15, 0.2) is 0 Å². The molecule has 1 saturated carbocycles. The Hall–Kier alpha value is -2.65. The van der Waals surface area contributed by atoms with Crippen molar-refractivity contribution < 1.29 is 5.11 Å². The van der Waals surface area contributed by atoms with E-state index in [1.54, 1.807) is 18.2 Å². The number of nitrogens with one attached hydrogen (secondary N) is 1. The number of likely N-dealkylation sites (tertiary alicyclic amines) is 1. The van der Waals surface area contributed by atoms with Gasteiger partial charge in [-0.2, -0.15) is 0 Å². The van der Waals surface area contributed by atoms with Crippen LogP contribution in [-0.2, 0) is 0 Å². The van der Waals surface area contributed by atoms with E-state index in [2.05, 4.69) is 33.3 Å². The minimum atomic E-state index is 0.120. The van der Waals surface area contributed by atoms with Crippen LogP contribution < -0.4 is 5.32 Å². The average Bonchev–Trinajstić information content (AvgIpc) is 3.53. The molecule has 2 heterocycles. The quantitative estimate of drug-likeness (QED) is 0.796. The van der Waals surface area contributed by atoms with Crippen LogP contribution in [0, 0.1) is 12.3 Å². The van der Waals surface area contributed by atoms with Gasteiger partial charge in [-0.15, -0.1) is 16.6 Å². The molecule has 0 unspecified atom stereocenters. The number of hydrogen-bond acceptors (Lipinski definition) is 6. The first-order chi connectivity index (χ1) is 13.2. The normalized spacial score (nSPS) is 20.2. The maximum absolute atomic E-state index is 10.4. The number of benzene rings is 1. The standard InChI is InChI=1S/C21H25N5O/c1-3-14-7-10-17(18(27)12-14)20-19(15-8-9-15)23-21(25-24-20)22-16-6-5-11-26(4-2)13-16/h1,7,10,12,15-16,27H,4-6,8-9,11,13H2,2H3,(H,22,23,25)/t16-/m1/s1. The molecule has 0 radical (unpaired) electrons. The summed E-state index contributed by atoms with van der Waals surface area (Å²) < 4.78 is 0. The van der Waals surface area contributed by atoms with Gasteiger partial charge in [-0.25, -0.2) is 4.98 Å². The van der Waals surface area contributed by atoms with Crippen LogP contribution in [0.4, 0.5) is 5.95 Å². The molecule has 0 bridgehead atoms. The number of aromatic hydroxyl groups is 1. The van der Waals surface area contributed by atoms with Crippen molar-refractivity contribution in [1.29, 1.82) is 0 Å². The second kappa shape index (κ2) is 7.53. The fourth-order valence-electron chi connectivity index (χ4n) is 3.70. The van der Waals surface area contributed by atoms with Crippen molar-refractivity contribution in [1.82, 2.24) is 20.1 Å². The molecule has 1 aliphatic heterocycles. The lowest BCUT2D eigenvalue weighted by Crippen LogP contribution is -2.42. The topological polar surface area (TPSA) is 74.2 Å². The highest BCUT2D eigenvalue weighted by atomic mass is 16.3. The fourth-order valence-corrected chi connectivity index (χ4v) is 3.70. The van der Waals surface area contributed by atoms with E-state index in [4.69, 9.17) is 11.4 Å². The van der Waals surface area contributed by atoms with Crippen molar-refractivity contribution in [2.24, 2.45) is 0 Å². The predicted molar refractivity (Wildman–Crippen MR) is 106 cm³/mol. The highest BCUT2D eigenvalue weighted by Crippen LogP contribution is 2.44. The van der Waals surface area contributed by atoms with Gasteiger partial charge in [0, 0.05) is 29.6 Å². The van der Waals surface area contributed by atoms with Crippen molar-refractivity contribution in [3.05, 3.63) is 29.5 Å². The van der Waals surface area contributed by atoms with E-state index in [1.807, 2.05) is 0 Å². The summed E-state index contributed by atoms with van der Waals surface area (Å²) in [5, 5.41) is 22.6. The zero-order valence-corrected chi connectivity index (χ0v) is 15.6. The van der Waals surface area contributed by atoms with Gasteiger partial charge in [-0.3, -0.25) is 0 Å². The third-order valence-corrected chi connectivity index (χ3v) is 5.38. The largest absolute Gasteiger partial charge is 0.507 e. The van der Waals surface area contributed by atoms with Crippen molar-refractivity contribution in [3.8, 4) is 29.4 Å². The lowest BCUT2D eigenvalue weighted by Gasteiger charge is -2.32. The molecule has 2 N–H and O–H groups in total. The number of nitrogens with zero attached hydrogens (tertiary/aromatic N) is 4. The van der Waals surface area contributed by atoms with Crippen LogP contribution in [0.1, 0.15) is 49.8 Å². The van der Waals surface area contributed by atoms with E-state index >= 15 is 0 Å². The highest BCUT2D eigenvalue weighted by Gasteiger charge is 2.31. The van der Waals surface area contributed by atoms with E-state index < -0.39 is 0 Å². The summed E-state index contributed by atoms with van der Waals surface area (Å²) in [7, 11) is 0. The summed E-state index contributed by atoms with van der Waals surface area (Å²) in [6.07, 6.45) is 9.91. The number of likely N-dealkylation sites (N-methyl/N-ethyl adjacent to an activating group) is 1. The van der Waals surface area contributed by atoms with Crippen molar-refractivity contribution in [2.45, 2.75) is 44.6 Å². The lowest BCUT2D eigenvalue weighted by atomic mass is 10.0. The number of anilines is 1. The first-order valence-electron chi connectivity index (χ1n) is 9.71. The van der Waals surface area contributed by atoms with E-state index in [0.717, 1.165) is 44.6 Å². The van der Waals surface area contributed by atoms with Crippen LogP contribution in [0.15, 0.2) is 18.2 Å². The molecule has 0 spiro atoms. The van der Waals surface area contributed by atoms with Gasteiger partial charge in [-0.1, -0.05) is 12.8 Å². The van der Waals surface area contributed by atoms with Crippen molar-refractivity contribution in [3.63, 3.8) is 0 Å². The van der Waals surface area contributed by atoms with Gasteiger partial charge in [0.1, 0.15) is 11.4 Å². The zero-order valence-electron chi connectivity index (χ0n) is 15.6. The molecule has 2 aromatic rings. The van der Waals surface area contributed by atoms with Crippen LogP contribution in [-0.4, -0.2) is 50.9 Å². The summed E-state index contributed by atoms with van der Waals surface area (Å²) in [4.78, 5) is 7.23. The van der Waals surface area contributed by atoms with Crippen molar-refractivity contribution >= 4 is 5.95 Å². The van der Waals surface area contributed by atoms with E-state index in [0.29, 0.717) is 34.7 Å². The van der Waals surface area contributed by atoms with Crippen LogP contribution in [0.2, 0.25) is 0 Å². The Morgan fingerprint density at radius 2 is 2.15 bits per heavy atom. The van der Waals surface area contributed by atoms with Crippen molar-refractivity contribution in [2.75, 3.05) is 25.0 Å². The molecular formula is C21H25N5O. The average molecular weight is 363 g/mol. The zero-order chi connectivity index (χ0) is 18.8. The number of rotatable bonds is 5. The molecule has 1 aromatic heterocycles. The molecule has 6 nitrogen and oxygen atoms in total. The number of phenols is 1. The molecule has 6 heteroatoms. The third kappa shape index (κ3) is 3.88. The Labute approximate surface area is 160 Å². The Balaban J connectivity index is 1.60. The minimum absolute atomic E-state index is 0.120.